The van der Waals surface area contributed by atoms with Gasteiger partial charge in [-0.05, 0) is 42.5 Å². The third-order valence-electron chi connectivity index (χ3n) is 5.12. The van der Waals surface area contributed by atoms with Crippen molar-refractivity contribution in [1.29, 1.82) is 0 Å². The van der Waals surface area contributed by atoms with Crippen molar-refractivity contribution in [3.05, 3.63) is 24.3 Å². The molecule has 27 heavy (non-hydrogen) atoms. The lowest BCUT2D eigenvalue weighted by molar-refractivity contribution is -0.121. The lowest BCUT2D eigenvalue weighted by atomic mass is 9.92. The number of nitrogens with one attached hydrogen (secondary N) is 1. The molecule has 8 heteroatoms. The van der Waals surface area contributed by atoms with E-state index in [1.54, 1.807) is 0 Å². The summed E-state index contributed by atoms with van der Waals surface area (Å²) in [6, 6.07) is 5.87. The molecule has 1 aromatic carbocycles. The van der Waals surface area contributed by atoms with Crippen LogP contribution in [-0.4, -0.2) is 51.3 Å². The number of likely N-dealkylation sites (tertiary alicyclic amines) is 1. The lowest BCUT2D eigenvalue weighted by Gasteiger charge is -2.34. The van der Waals surface area contributed by atoms with Crippen molar-refractivity contribution in [3.8, 4) is 0 Å². The summed E-state index contributed by atoms with van der Waals surface area (Å²) < 4.78 is 27.6. The van der Waals surface area contributed by atoms with Crippen LogP contribution >= 0.6 is 0 Å². The van der Waals surface area contributed by atoms with Crippen LogP contribution in [0.3, 0.4) is 0 Å². The lowest BCUT2D eigenvalue weighted by Crippen LogP contribution is -2.42. The zero-order valence-corrected chi connectivity index (χ0v) is 16.7. The largest absolute Gasteiger partial charge is 0.302 e. The second-order valence-corrected chi connectivity index (χ2v) is 9.49. The summed E-state index contributed by atoms with van der Waals surface area (Å²) in [5.41, 5.74) is 0.415. The molecule has 0 aromatic heterocycles. The molecule has 0 aliphatic carbocycles. The average Bonchev–Trinajstić information content (AvgIpc) is 2.92. The fraction of sp³-hybridized carbons (Fsp3) is 0.579. The summed E-state index contributed by atoms with van der Waals surface area (Å²) in [4.78, 5) is 27.1. The molecule has 0 unspecified atom stereocenters. The van der Waals surface area contributed by atoms with Gasteiger partial charge in [-0.2, -0.15) is 0 Å². The molecule has 1 aromatic rings. The zero-order valence-electron chi connectivity index (χ0n) is 15.8. The molecule has 2 heterocycles. The second kappa shape index (κ2) is 8.08. The molecule has 7 nitrogen and oxygen atoms in total. The molecule has 1 N–H and O–H groups in total. The van der Waals surface area contributed by atoms with Crippen LogP contribution in [0.5, 0.6) is 0 Å². The molecule has 0 saturated carbocycles. The quantitative estimate of drug-likeness (QED) is 0.742. The third kappa shape index (κ3) is 4.75. The molecule has 2 atom stereocenters. The minimum absolute atomic E-state index is 0.130. The van der Waals surface area contributed by atoms with Gasteiger partial charge >= 0.3 is 0 Å². The van der Waals surface area contributed by atoms with Crippen LogP contribution in [0, 0.1) is 11.8 Å². The first-order valence-electron chi connectivity index (χ1n) is 9.44. The monoisotopic (exact) mass is 393 g/mol. The normalized spacial score (nSPS) is 24.6. The highest BCUT2D eigenvalue weighted by Crippen LogP contribution is 2.24. The number of anilines is 1. The molecule has 0 radical (unpaired) electrons. The SMILES string of the molecule is C[C@H]1C[C@H](C)CN(CCNS(=O)(=O)c2ccc(N3C(=O)CCC3=O)cc2)C1. The van der Waals surface area contributed by atoms with Crippen LogP contribution in [0.2, 0.25) is 0 Å². The van der Waals surface area contributed by atoms with Gasteiger partial charge in [0.25, 0.3) is 0 Å². The van der Waals surface area contributed by atoms with Gasteiger partial charge in [0.15, 0.2) is 0 Å². The topological polar surface area (TPSA) is 86.8 Å². The van der Waals surface area contributed by atoms with Gasteiger partial charge in [-0.25, -0.2) is 13.1 Å². The van der Waals surface area contributed by atoms with Crippen LogP contribution < -0.4 is 9.62 Å². The van der Waals surface area contributed by atoms with Gasteiger partial charge in [0, 0.05) is 39.0 Å². The van der Waals surface area contributed by atoms with E-state index in [1.165, 1.54) is 30.7 Å². The molecule has 3 rings (SSSR count). The highest BCUT2D eigenvalue weighted by Gasteiger charge is 2.30. The van der Waals surface area contributed by atoms with Crippen molar-refractivity contribution in [2.75, 3.05) is 31.1 Å². The van der Waals surface area contributed by atoms with Crippen LogP contribution in [-0.2, 0) is 19.6 Å². The Kier molecular flexibility index (Phi) is 5.98. The summed E-state index contributed by atoms with van der Waals surface area (Å²) in [5, 5.41) is 0. The molecule has 2 aliphatic heterocycles. The predicted molar refractivity (Wildman–Crippen MR) is 103 cm³/mol. The zero-order chi connectivity index (χ0) is 19.6. The van der Waals surface area contributed by atoms with Crippen molar-refractivity contribution < 1.29 is 18.0 Å². The molecule has 0 bridgehead atoms. The van der Waals surface area contributed by atoms with Gasteiger partial charge in [-0.3, -0.25) is 14.5 Å². The van der Waals surface area contributed by atoms with Crippen LogP contribution in [0.1, 0.15) is 33.1 Å². The number of piperidine rings is 1. The highest BCUT2D eigenvalue weighted by molar-refractivity contribution is 7.89. The molecule has 0 spiro atoms. The Labute approximate surface area is 160 Å². The number of rotatable bonds is 6. The van der Waals surface area contributed by atoms with Crippen molar-refractivity contribution in [2.24, 2.45) is 11.8 Å². The fourth-order valence-electron chi connectivity index (χ4n) is 4.03. The van der Waals surface area contributed by atoms with Crippen LogP contribution in [0.25, 0.3) is 0 Å². The maximum Gasteiger partial charge on any atom is 0.240 e. The third-order valence-corrected chi connectivity index (χ3v) is 6.60. The van der Waals surface area contributed by atoms with E-state index in [-0.39, 0.29) is 29.6 Å². The van der Waals surface area contributed by atoms with Gasteiger partial charge in [-0.15, -0.1) is 0 Å². The molecular weight excluding hydrogens is 366 g/mol. The van der Waals surface area contributed by atoms with E-state index >= 15 is 0 Å². The van der Waals surface area contributed by atoms with Crippen molar-refractivity contribution in [2.45, 2.75) is 38.0 Å². The molecule has 2 saturated heterocycles. The fourth-order valence-corrected chi connectivity index (χ4v) is 5.06. The number of hydrogen-bond donors (Lipinski definition) is 1. The Balaban J connectivity index is 1.58. The van der Waals surface area contributed by atoms with E-state index in [1.807, 2.05) is 0 Å². The maximum atomic E-state index is 12.5. The van der Waals surface area contributed by atoms with E-state index in [2.05, 4.69) is 23.5 Å². The Morgan fingerprint density at radius 3 is 2.11 bits per heavy atom. The number of benzene rings is 1. The first kappa shape index (κ1) is 20.0. The smallest absolute Gasteiger partial charge is 0.240 e. The summed E-state index contributed by atoms with van der Waals surface area (Å²) >= 11 is 0. The van der Waals surface area contributed by atoms with E-state index in [0.717, 1.165) is 18.0 Å². The van der Waals surface area contributed by atoms with E-state index < -0.39 is 10.0 Å². The molecular formula is C19H27N3O4S. The number of carbonyl (C=O) groups excluding carboxylic acids is 2. The number of hydrogen-bond acceptors (Lipinski definition) is 5. The number of carbonyl (C=O) groups is 2. The number of amides is 2. The van der Waals surface area contributed by atoms with Crippen molar-refractivity contribution >= 4 is 27.5 Å². The molecule has 2 aliphatic rings. The van der Waals surface area contributed by atoms with Gasteiger partial charge in [0.1, 0.15) is 0 Å². The Morgan fingerprint density at radius 2 is 1.56 bits per heavy atom. The molecule has 148 valence electrons. The minimum Gasteiger partial charge on any atom is -0.302 e. The first-order valence-corrected chi connectivity index (χ1v) is 10.9. The predicted octanol–water partition coefficient (Wildman–Crippen LogP) is 1.60. The maximum absolute atomic E-state index is 12.5. The van der Waals surface area contributed by atoms with Crippen LogP contribution in [0.4, 0.5) is 5.69 Å². The summed E-state index contributed by atoms with van der Waals surface area (Å²) in [5.74, 6) is 0.764. The molecule has 2 fully saturated rings. The number of nitrogens with zero attached hydrogens (tertiary/aromatic N) is 2. The summed E-state index contributed by atoms with van der Waals surface area (Å²) in [6.45, 7) is 7.49. The number of imide groups is 1. The molecule has 2 amide bonds. The second-order valence-electron chi connectivity index (χ2n) is 7.72. The minimum atomic E-state index is -3.62. The summed E-state index contributed by atoms with van der Waals surface area (Å²) in [7, 11) is -3.62. The van der Waals surface area contributed by atoms with Gasteiger partial charge < -0.3 is 4.90 Å². The highest BCUT2D eigenvalue weighted by atomic mass is 32.2. The summed E-state index contributed by atoms with van der Waals surface area (Å²) in [6.07, 6.45) is 1.62. The van der Waals surface area contributed by atoms with Crippen LogP contribution in [0.15, 0.2) is 29.2 Å². The van der Waals surface area contributed by atoms with E-state index in [9.17, 15) is 18.0 Å². The Bertz CT molecular complexity index is 781. The van der Waals surface area contributed by atoms with Crippen molar-refractivity contribution in [1.82, 2.24) is 9.62 Å². The van der Waals surface area contributed by atoms with Gasteiger partial charge in [0.2, 0.25) is 21.8 Å². The average molecular weight is 394 g/mol. The van der Waals surface area contributed by atoms with Gasteiger partial charge in [0.05, 0.1) is 10.6 Å². The first-order chi connectivity index (χ1) is 12.8. The van der Waals surface area contributed by atoms with Gasteiger partial charge in [-0.1, -0.05) is 13.8 Å². The standard InChI is InChI=1S/C19H27N3O4S/c1-14-11-15(2)13-21(12-14)10-9-20-27(25,26)17-5-3-16(4-6-17)22-18(23)7-8-19(22)24/h3-6,14-15,20H,7-13H2,1-2H3/t14-,15-/m0/s1. The Hall–Kier alpha value is -1.77. The van der Waals surface area contributed by atoms with Crippen molar-refractivity contribution in [3.63, 3.8) is 0 Å². The Morgan fingerprint density at radius 1 is 1.00 bits per heavy atom. The van der Waals surface area contributed by atoms with E-state index in [4.69, 9.17) is 0 Å². The van der Waals surface area contributed by atoms with E-state index in [0.29, 0.717) is 30.6 Å². The number of sulfonamides is 1.